The molecule has 1 aliphatic rings. The van der Waals surface area contributed by atoms with Gasteiger partial charge in [0.1, 0.15) is 0 Å². The summed E-state index contributed by atoms with van der Waals surface area (Å²) in [6.45, 7) is 11.4. The number of nitrogens with two attached hydrogens (primary N) is 1. The van der Waals surface area contributed by atoms with Crippen molar-refractivity contribution in [3.05, 3.63) is 34.9 Å². The predicted molar refractivity (Wildman–Crippen MR) is 78.6 cm³/mol. The van der Waals surface area contributed by atoms with Crippen LogP contribution in [0.1, 0.15) is 56.7 Å². The van der Waals surface area contributed by atoms with Gasteiger partial charge in [-0.3, -0.25) is 0 Å². The topological polar surface area (TPSA) is 26.0 Å². The molecule has 0 saturated heterocycles. The molecular weight excluding hydrogens is 218 g/mol. The lowest BCUT2D eigenvalue weighted by Crippen LogP contribution is -2.47. The Kier molecular flexibility index (Phi) is 3.31. The monoisotopic (exact) mass is 245 g/mol. The van der Waals surface area contributed by atoms with Gasteiger partial charge in [-0.1, -0.05) is 44.5 Å². The van der Waals surface area contributed by atoms with Crippen LogP contribution < -0.4 is 5.73 Å². The lowest BCUT2D eigenvalue weighted by molar-refractivity contribution is 0.107. The molecule has 1 aromatic carbocycles. The number of hydrogen-bond donors (Lipinski definition) is 1. The van der Waals surface area contributed by atoms with Gasteiger partial charge in [-0.05, 0) is 55.6 Å². The maximum absolute atomic E-state index is 6.82. The number of rotatable bonds is 1. The minimum Gasteiger partial charge on any atom is -0.321 e. The van der Waals surface area contributed by atoms with Gasteiger partial charge in [0.15, 0.2) is 0 Å². The van der Waals surface area contributed by atoms with Crippen molar-refractivity contribution in [3.63, 3.8) is 0 Å². The molecule has 1 saturated carbocycles. The molecule has 0 spiro atoms. The fourth-order valence-electron chi connectivity index (χ4n) is 4.11. The first kappa shape index (κ1) is 13.6. The molecule has 1 aromatic rings. The maximum Gasteiger partial charge on any atom is 0.0420 e. The Hall–Kier alpha value is -0.820. The van der Waals surface area contributed by atoms with Crippen LogP contribution in [0.4, 0.5) is 0 Å². The van der Waals surface area contributed by atoms with E-state index < -0.39 is 0 Å². The van der Waals surface area contributed by atoms with E-state index in [1.54, 1.807) is 0 Å². The van der Waals surface area contributed by atoms with Crippen LogP contribution in [0.15, 0.2) is 18.2 Å². The Morgan fingerprint density at radius 1 is 1.17 bits per heavy atom. The molecule has 1 heteroatoms. The van der Waals surface area contributed by atoms with Crippen molar-refractivity contribution in [2.45, 2.75) is 59.4 Å². The summed E-state index contributed by atoms with van der Waals surface area (Å²) in [4.78, 5) is 0. The molecule has 0 bridgehead atoms. The highest BCUT2D eigenvalue weighted by Crippen LogP contribution is 2.47. The first-order valence-electron chi connectivity index (χ1n) is 7.08. The molecule has 2 N–H and O–H groups in total. The Balaban J connectivity index is 2.43. The van der Waals surface area contributed by atoms with Crippen molar-refractivity contribution in [2.75, 3.05) is 0 Å². The van der Waals surface area contributed by atoms with Crippen LogP contribution in [0.5, 0.6) is 0 Å². The quantitative estimate of drug-likeness (QED) is 0.784. The summed E-state index contributed by atoms with van der Waals surface area (Å²) in [5.74, 6) is 0.707. The molecule has 0 amide bonds. The van der Waals surface area contributed by atoms with Crippen molar-refractivity contribution in [3.8, 4) is 0 Å². The molecule has 0 heterocycles. The van der Waals surface area contributed by atoms with Crippen LogP contribution in [0.3, 0.4) is 0 Å². The van der Waals surface area contributed by atoms with E-state index in [2.05, 4.69) is 52.8 Å². The second kappa shape index (κ2) is 4.38. The predicted octanol–water partition coefficient (Wildman–Crippen LogP) is 4.30. The van der Waals surface area contributed by atoms with Crippen LogP contribution in [0.25, 0.3) is 0 Å². The fraction of sp³-hybridized carbons (Fsp3) is 0.647. The molecule has 0 aliphatic heterocycles. The summed E-state index contributed by atoms with van der Waals surface area (Å²) in [7, 11) is 0. The molecule has 1 nitrogen and oxygen atoms in total. The van der Waals surface area contributed by atoms with E-state index in [0.717, 1.165) is 12.8 Å². The van der Waals surface area contributed by atoms with Gasteiger partial charge in [0.25, 0.3) is 0 Å². The van der Waals surface area contributed by atoms with Crippen LogP contribution in [-0.4, -0.2) is 0 Å². The fourth-order valence-corrected chi connectivity index (χ4v) is 4.11. The zero-order valence-electron chi connectivity index (χ0n) is 12.5. The summed E-state index contributed by atoms with van der Waals surface area (Å²) in [5, 5.41) is 0. The molecular formula is C17H27N. The zero-order valence-corrected chi connectivity index (χ0v) is 12.5. The van der Waals surface area contributed by atoms with Crippen LogP contribution in [0, 0.1) is 25.2 Å². The van der Waals surface area contributed by atoms with Crippen LogP contribution in [0.2, 0.25) is 0 Å². The molecule has 0 radical (unpaired) electrons. The van der Waals surface area contributed by atoms with Gasteiger partial charge in [0, 0.05) is 5.54 Å². The zero-order chi connectivity index (χ0) is 13.6. The van der Waals surface area contributed by atoms with Gasteiger partial charge in [-0.2, -0.15) is 0 Å². The molecule has 2 unspecified atom stereocenters. The van der Waals surface area contributed by atoms with Crippen molar-refractivity contribution >= 4 is 0 Å². The standard InChI is InChI=1S/C17H27N/c1-12-6-7-14(3)15(8-12)17(18)10-13(2)9-16(4,5)11-17/h6-8,13H,9-11,18H2,1-5H3. The van der Waals surface area contributed by atoms with Gasteiger partial charge in [-0.25, -0.2) is 0 Å². The maximum atomic E-state index is 6.82. The third kappa shape index (κ3) is 2.61. The van der Waals surface area contributed by atoms with Gasteiger partial charge in [0.05, 0.1) is 0 Å². The number of hydrogen-bond acceptors (Lipinski definition) is 1. The van der Waals surface area contributed by atoms with Crippen molar-refractivity contribution in [1.29, 1.82) is 0 Å². The Morgan fingerprint density at radius 2 is 1.83 bits per heavy atom. The Labute approximate surface area is 112 Å². The summed E-state index contributed by atoms with van der Waals surface area (Å²) in [6.07, 6.45) is 3.49. The first-order chi connectivity index (χ1) is 8.22. The summed E-state index contributed by atoms with van der Waals surface area (Å²) >= 11 is 0. The molecule has 2 rings (SSSR count). The van der Waals surface area contributed by atoms with E-state index in [1.807, 2.05) is 0 Å². The van der Waals surface area contributed by atoms with Gasteiger partial charge >= 0.3 is 0 Å². The van der Waals surface area contributed by atoms with Gasteiger partial charge in [-0.15, -0.1) is 0 Å². The molecule has 1 aliphatic carbocycles. The van der Waals surface area contributed by atoms with Crippen molar-refractivity contribution in [1.82, 2.24) is 0 Å². The number of aryl methyl sites for hydroxylation is 2. The minimum atomic E-state index is -0.142. The summed E-state index contributed by atoms with van der Waals surface area (Å²) in [5.41, 5.74) is 11.0. The third-order valence-corrected chi connectivity index (χ3v) is 4.34. The average Bonchev–Trinajstić information content (AvgIpc) is 2.17. The molecule has 0 aromatic heterocycles. The van der Waals surface area contributed by atoms with Crippen LogP contribution >= 0.6 is 0 Å². The SMILES string of the molecule is Cc1ccc(C)c(C2(N)CC(C)CC(C)(C)C2)c1. The van der Waals surface area contributed by atoms with E-state index >= 15 is 0 Å². The number of benzene rings is 1. The Morgan fingerprint density at radius 3 is 2.44 bits per heavy atom. The van der Waals surface area contributed by atoms with Crippen LogP contribution in [-0.2, 0) is 5.54 Å². The summed E-state index contributed by atoms with van der Waals surface area (Å²) < 4.78 is 0. The molecule has 100 valence electrons. The van der Waals surface area contributed by atoms with Gasteiger partial charge in [0.2, 0.25) is 0 Å². The lowest BCUT2D eigenvalue weighted by Gasteiger charge is -2.46. The molecule has 18 heavy (non-hydrogen) atoms. The normalized spacial score (nSPS) is 31.3. The second-order valence-electron chi connectivity index (χ2n) is 7.33. The largest absolute Gasteiger partial charge is 0.321 e. The highest BCUT2D eigenvalue weighted by Gasteiger charge is 2.41. The van der Waals surface area contributed by atoms with E-state index in [-0.39, 0.29) is 5.54 Å². The minimum absolute atomic E-state index is 0.142. The highest BCUT2D eigenvalue weighted by molar-refractivity contribution is 5.36. The third-order valence-electron chi connectivity index (χ3n) is 4.34. The van der Waals surface area contributed by atoms with E-state index in [0.29, 0.717) is 11.3 Å². The van der Waals surface area contributed by atoms with E-state index in [1.165, 1.54) is 23.1 Å². The molecule has 2 atom stereocenters. The van der Waals surface area contributed by atoms with Crippen molar-refractivity contribution < 1.29 is 0 Å². The van der Waals surface area contributed by atoms with Crippen molar-refractivity contribution in [2.24, 2.45) is 17.1 Å². The smallest absolute Gasteiger partial charge is 0.0420 e. The average molecular weight is 245 g/mol. The second-order valence-corrected chi connectivity index (χ2v) is 7.33. The summed E-state index contributed by atoms with van der Waals surface area (Å²) in [6, 6.07) is 6.69. The van der Waals surface area contributed by atoms with E-state index in [9.17, 15) is 0 Å². The lowest BCUT2D eigenvalue weighted by atomic mass is 9.62. The first-order valence-corrected chi connectivity index (χ1v) is 7.08. The van der Waals surface area contributed by atoms with E-state index in [4.69, 9.17) is 5.73 Å². The highest BCUT2D eigenvalue weighted by atomic mass is 14.8. The Bertz CT molecular complexity index is 447. The van der Waals surface area contributed by atoms with Gasteiger partial charge < -0.3 is 5.73 Å². The molecule has 1 fully saturated rings.